The largest absolute Gasteiger partial charge is 0.483 e. The Morgan fingerprint density at radius 2 is 1.26 bits per heavy atom. The summed E-state index contributed by atoms with van der Waals surface area (Å²) in [6.07, 6.45) is -15.4. The van der Waals surface area contributed by atoms with Crippen molar-refractivity contribution >= 4 is 35.0 Å². The monoisotopic (exact) mass is 524 g/mol. The van der Waals surface area contributed by atoms with Crippen LogP contribution in [0.3, 0.4) is 0 Å². The van der Waals surface area contributed by atoms with Crippen molar-refractivity contribution in [3.05, 3.63) is 0 Å². The highest BCUT2D eigenvalue weighted by molar-refractivity contribution is 7.60. The van der Waals surface area contributed by atoms with Gasteiger partial charge in [-0.1, -0.05) is 0 Å². The van der Waals surface area contributed by atoms with Crippen molar-refractivity contribution < 1.29 is 91.7 Å². The van der Waals surface area contributed by atoms with Crippen molar-refractivity contribution in [3.63, 3.8) is 0 Å². The molecular weight excluding hydrogens is 505 g/mol. The van der Waals surface area contributed by atoms with Gasteiger partial charge in [0.25, 0.3) is 5.79 Å². The van der Waals surface area contributed by atoms with Crippen LogP contribution in [0.2, 0.25) is 0 Å². The predicted octanol–water partition coefficient (Wildman–Crippen LogP) is -5.07. The van der Waals surface area contributed by atoms with Crippen LogP contribution in [0.5, 0.6) is 0 Å². The summed E-state index contributed by atoms with van der Waals surface area (Å²) >= 11 is 0. The molecule has 19 nitrogen and oxygen atoms in total. The molecule has 0 saturated carbocycles. The van der Waals surface area contributed by atoms with E-state index in [0.717, 1.165) is 0 Å². The van der Waals surface area contributed by atoms with E-state index in [4.69, 9.17) is 24.5 Å². The molecule has 11 N–H and O–H groups in total. The van der Waals surface area contributed by atoms with Crippen LogP contribution >= 0.6 is 23.5 Å². The standard InChI is InChI=1S/C9H19O19P3/c1-2(10)9(16,17)7(15)5(13)3(11)4(12)6(14)8(26-29(18,19)20)27-31(24,25)28-30(21,22)23/h3-5,7-8,11-13,15-17H,1H3,(H,24,25)(H2,18,19,20)(H2,21,22,23)/t3-,4-,5-,7?,8?/m0/s1. The highest BCUT2D eigenvalue weighted by atomic mass is 31.3. The van der Waals surface area contributed by atoms with Crippen LogP contribution in [0.15, 0.2) is 0 Å². The van der Waals surface area contributed by atoms with E-state index in [9.17, 15) is 53.9 Å². The molecule has 0 heterocycles. The molecule has 22 heteroatoms. The molecule has 0 aliphatic heterocycles. The zero-order valence-corrected chi connectivity index (χ0v) is 17.6. The first-order valence-corrected chi connectivity index (χ1v) is 11.8. The van der Waals surface area contributed by atoms with Gasteiger partial charge in [0.05, 0.1) is 0 Å². The van der Waals surface area contributed by atoms with Crippen LogP contribution in [0.4, 0.5) is 0 Å². The Bertz CT molecular complexity index is 795. The first-order valence-electron chi connectivity index (χ1n) is 7.25. The third-order valence-electron chi connectivity index (χ3n) is 3.12. The van der Waals surface area contributed by atoms with Crippen molar-refractivity contribution in [3.8, 4) is 0 Å². The molecule has 0 spiro atoms. The van der Waals surface area contributed by atoms with Crippen LogP contribution in [0, 0.1) is 0 Å². The normalized spacial score (nSPS) is 20.3. The third kappa shape index (κ3) is 9.87. The lowest BCUT2D eigenvalue weighted by Gasteiger charge is -2.32. The summed E-state index contributed by atoms with van der Waals surface area (Å²) in [6.45, 7) is 0.515. The number of aliphatic hydroxyl groups is 6. The molecule has 0 aromatic heterocycles. The maximum atomic E-state index is 12.0. The van der Waals surface area contributed by atoms with Crippen molar-refractivity contribution in [1.82, 2.24) is 0 Å². The Kier molecular flexibility index (Phi) is 10.4. The van der Waals surface area contributed by atoms with E-state index in [1.165, 1.54) is 0 Å². The van der Waals surface area contributed by atoms with Gasteiger partial charge in [-0.15, -0.1) is 0 Å². The predicted molar refractivity (Wildman–Crippen MR) is 87.8 cm³/mol. The van der Waals surface area contributed by atoms with Crippen molar-refractivity contribution in [2.24, 2.45) is 0 Å². The first kappa shape index (κ1) is 30.5. The van der Waals surface area contributed by atoms with E-state index in [-0.39, 0.29) is 0 Å². The molecule has 184 valence electrons. The minimum atomic E-state index is -6.04. The number of phosphoric acid groups is 3. The van der Waals surface area contributed by atoms with E-state index < -0.39 is 71.5 Å². The smallest absolute Gasteiger partial charge is 0.387 e. The lowest BCUT2D eigenvalue weighted by Crippen LogP contribution is -2.60. The molecule has 0 aromatic carbocycles. The van der Waals surface area contributed by atoms with E-state index in [0.29, 0.717) is 6.92 Å². The molecule has 0 aliphatic rings. The van der Waals surface area contributed by atoms with E-state index in [1.807, 2.05) is 0 Å². The molecular formula is C9H19O19P3. The van der Waals surface area contributed by atoms with Crippen LogP contribution < -0.4 is 0 Å². The number of hydrogen-bond acceptors (Lipinski definition) is 14. The fraction of sp³-hybridized carbons (Fsp3) is 0.778. The number of Topliss-reactive ketones (excluding diaryl/α,β-unsaturated/α-hetero) is 2. The number of ketones is 2. The fourth-order valence-corrected chi connectivity index (χ4v) is 3.73. The van der Waals surface area contributed by atoms with Gasteiger partial charge < -0.3 is 55.1 Å². The van der Waals surface area contributed by atoms with Gasteiger partial charge in [-0.25, -0.2) is 22.7 Å². The third-order valence-corrected chi connectivity index (χ3v) is 5.72. The molecule has 6 atom stereocenters. The summed E-state index contributed by atoms with van der Waals surface area (Å²) in [5, 5.41) is 57.2. The second-order valence-electron chi connectivity index (χ2n) is 5.63. The van der Waals surface area contributed by atoms with Crippen LogP contribution in [-0.2, 0) is 36.6 Å². The second kappa shape index (κ2) is 10.6. The highest BCUT2D eigenvalue weighted by Gasteiger charge is 2.49. The number of phosphoric ester groups is 2. The molecule has 0 rings (SSSR count). The minimum Gasteiger partial charge on any atom is -0.387 e. The molecule has 31 heavy (non-hydrogen) atoms. The minimum absolute atomic E-state index is 0.515. The lowest BCUT2D eigenvalue weighted by atomic mass is 9.93. The zero-order valence-electron chi connectivity index (χ0n) is 14.9. The Morgan fingerprint density at radius 1 is 0.806 bits per heavy atom. The van der Waals surface area contributed by atoms with Crippen LogP contribution in [0.1, 0.15) is 6.92 Å². The lowest BCUT2D eigenvalue weighted by molar-refractivity contribution is -0.248. The van der Waals surface area contributed by atoms with Crippen molar-refractivity contribution in [2.45, 2.75) is 43.4 Å². The highest BCUT2D eigenvalue weighted by Crippen LogP contribution is 2.59. The first-order chi connectivity index (χ1) is 13.5. The molecule has 0 fully saturated rings. The summed E-state index contributed by atoms with van der Waals surface area (Å²) in [7, 11) is -17.7. The Labute approximate surface area is 171 Å². The zero-order chi connectivity index (χ0) is 25.2. The Hall–Kier alpha value is -0.530. The van der Waals surface area contributed by atoms with E-state index in [1.54, 1.807) is 0 Å². The summed E-state index contributed by atoms with van der Waals surface area (Å²) in [4.78, 5) is 66.6. The fourth-order valence-electron chi connectivity index (χ4n) is 1.65. The molecule has 0 aliphatic carbocycles. The van der Waals surface area contributed by atoms with Crippen molar-refractivity contribution in [2.75, 3.05) is 0 Å². The molecule has 3 unspecified atom stereocenters. The number of aliphatic hydroxyl groups excluding tert-OH is 4. The second-order valence-corrected chi connectivity index (χ2v) is 9.60. The number of hydrogen-bond donors (Lipinski definition) is 11. The summed E-state index contributed by atoms with van der Waals surface area (Å²) < 4.78 is 43.6. The number of carbonyl (C=O) groups excluding carboxylic acids is 2. The number of carbonyl (C=O) groups is 2. The van der Waals surface area contributed by atoms with E-state index >= 15 is 0 Å². The summed E-state index contributed by atoms with van der Waals surface area (Å²) in [5.41, 5.74) is 0. The van der Waals surface area contributed by atoms with Gasteiger partial charge in [0, 0.05) is 6.92 Å². The molecule has 0 saturated heterocycles. The quantitative estimate of drug-likeness (QED) is 0.0792. The van der Waals surface area contributed by atoms with Crippen LogP contribution in [-0.4, -0.2) is 103 Å². The summed E-state index contributed by atoms with van der Waals surface area (Å²) in [5.74, 6) is -7.59. The SMILES string of the molecule is CC(=O)C(O)(O)C(O)[C@@H](O)[C@@H](O)[C@H](O)C(=O)C(OP(=O)(O)O)OP(=O)(O)OP(=O)(O)O. The van der Waals surface area contributed by atoms with Gasteiger partial charge in [0.15, 0.2) is 5.78 Å². The molecule has 0 radical (unpaired) electrons. The van der Waals surface area contributed by atoms with Gasteiger partial charge >= 0.3 is 23.5 Å². The van der Waals surface area contributed by atoms with Gasteiger partial charge in [0.1, 0.15) is 24.4 Å². The average molecular weight is 524 g/mol. The topological polar surface area (TPSA) is 336 Å². The Balaban J connectivity index is 5.78. The molecule has 0 amide bonds. The van der Waals surface area contributed by atoms with E-state index in [2.05, 4.69) is 13.4 Å². The van der Waals surface area contributed by atoms with Gasteiger partial charge in [-0.05, 0) is 0 Å². The maximum Gasteiger partial charge on any atom is 0.483 e. The van der Waals surface area contributed by atoms with Gasteiger partial charge in [-0.3, -0.25) is 9.59 Å². The molecule has 0 aromatic rings. The summed E-state index contributed by atoms with van der Waals surface area (Å²) in [6, 6.07) is 0. The average Bonchev–Trinajstić information content (AvgIpc) is 2.53. The van der Waals surface area contributed by atoms with Gasteiger partial charge in [-0.2, -0.15) is 4.31 Å². The maximum absolute atomic E-state index is 12.0. The van der Waals surface area contributed by atoms with Crippen LogP contribution in [0.25, 0.3) is 0 Å². The van der Waals surface area contributed by atoms with Crippen molar-refractivity contribution in [1.29, 1.82) is 0 Å². The molecule has 0 bridgehead atoms. The van der Waals surface area contributed by atoms with Gasteiger partial charge in [0.2, 0.25) is 12.1 Å². The number of rotatable bonds is 13. The Morgan fingerprint density at radius 3 is 1.61 bits per heavy atom.